The molecule has 0 fully saturated rings. The molecule has 0 aliphatic carbocycles. The van der Waals surface area contributed by atoms with Gasteiger partial charge in [0, 0.05) is 15.6 Å². The summed E-state index contributed by atoms with van der Waals surface area (Å²) < 4.78 is 0. The molecule has 0 aliphatic rings. The van der Waals surface area contributed by atoms with Gasteiger partial charge in [0.1, 0.15) is 6.10 Å². The zero-order valence-electron chi connectivity index (χ0n) is 10.7. The molecule has 0 radical (unpaired) electrons. The van der Waals surface area contributed by atoms with E-state index in [9.17, 15) is 5.11 Å². The van der Waals surface area contributed by atoms with E-state index < -0.39 is 6.10 Å². The quantitative estimate of drug-likeness (QED) is 0.805. The van der Waals surface area contributed by atoms with Crippen molar-refractivity contribution in [1.82, 2.24) is 20.2 Å². The van der Waals surface area contributed by atoms with E-state index in [0.717, 1.165) is 5.69 Å². The van der Waals surface area contributed by atoms with Crippen molar-refractivity contribution in [3.8, 4) is 5.69 Å². The SMILES string of the molecule is OC(c1ccc(-n2ncnn2)cc1)c1cc(Cl)ccc1Cl. The van der Waals surface area contributed by atoms with Gasteiger partial charge >= 0.3 is 0 Å². The minimum absolute atomic E-state index is 0.467. The van der Waals surface area contributed by atoms with Crippen molar-refractivity contribution in [3.05, 3.63) is 70.0 Å². The molecule has 5 nitrogen and oxygen atoms in total. The molecule has 3 aromatic rings. The Labute approximate surface area is 130 Å². The zero-order chi connectivity index (χ0) is 14.8. The van der Waals surface area contributed by atoms with Crippen molar-refractivity contribution >= 4 is 23.2 Å². The van der Waals surface area contributed by atoms with Crippen molar-refractivity contribution < 1.29 is 5.11 Å². The first kappa shape index (κ1) is 14.0. The van der Waals surface area contributed by atoms with Crippen molar-refractivity contribution in [2.45, 2.75) is 6.10 Å². The molecule has 0 aliphatic heterocycles. The number of aliphatic hydroxyl groups excluding tert-OH is 1. The Balaban J connectivity index is 1.91. The largest absolute Gasteiger partial charge is 0.384 e. The minimum atomic E-state index is -0.853. The van der Waals surface area contributed by atoms with E-state index in [4.69, 9.17) is 23.2 Å². The Morgan fingerprint density at radius 1 is 1.05 bits per heavy atom. The molecule has 1 unspecified atom stereocenters. The van der Waals surface area contributed by atoms with Gasteiger partial charge in [0.2, 0.25) is 0 Å². The second kappa shape index (κ2) is 5.81. The highest BCUT2D eigenvalue weighted by Gasteiger charge is 2.14. The van der Waals surface area contributed by atoms with Gasteiger partial charge in [-0.15, -0.1) is 15.0 Å². The maximum Gasteiger partial charge on any atom is 0.162 e. The summed E-state index contributed by atoms with van der Waals surface area (Å²) in [5, 5.41) is 22.8. The van der Waals surface area contributed by atoms with E-state index in [2.05, 4.69) is 15.4 Å². The van der Waals surface area contributed by atoms with Gasteiger partial charge in [0.25, 0.3) is 0 Å². The number of aliphatic hydroxyl groups is 1. The van der Waals surface area contributed by atoms with Crippen LogP contribution in [0.1, 0.15) is 17.2 Å². The van der Waals surface area contributed by atoms with Crippen LogP contribution in [0, 0.1) is 0 Å². The predicted octanol–water partition coefficient (Wildman–Crippen LogP) is 3.05. The molecule has 2 aromatic carbocycles. The van der Waals surface area contributed by atoms with Crippen molar-refractivity contribution in [2.24, 2.45) is 0 Å². The third kappa shape index (κ3) is 2.90. The summed E-state index contributed by atoms with van der Waals surface area (Å²) in [5.74, 6) is 0. The van der Waals surface area contributed by atoms with Gasteiger partial charge in [-0.2, -0.15) is 0 Å². The number of benzene rings is 2. The molecule has 0 saturated carbocycles. The average Bonchev–Trinajstić information content (AvgIpc) is 3.03. The molecule has 0 amide bonds. The summed E-state index contributed by atoms with van der Waals surface area (Å²) in [6.07, 6.45) is 0.503. The van der Waals surface area contributed by atoms with Crippen molar-refractivity contribution in [2.75, 3.05) is 0 Å². The average molecular weight is 321 g/mol. The number of hydrogen-bond donors (Lipinski definition) is 1. The van der Waals surface area contributed by atoms with Gasteiger partial charge in [-0.05, 0) is 41.1 Å². The van der Waals surface area contributed by atoms with Crippen LogP contribution in [-0.2, 0) is 0 Å². The molecule has 1 N–H and O–H groups in total. The second-order valence-corrected chi connectivity index (χ2v) is 5.23. The van der Waals surface area contributed by atoms with Gasteiger partial charge in [-0.3, -0.25) is 0 Å². The van der Waals surface area contributed by atoms with Gasteiger partial charge in [-0.1, -0.05) is 35.3 Å². The number of hydrogen-bond acceptors (Lipinski definition) is 4. The van der Waals surface area contributed by atoms with Crippen LogP contribution in [0.5, 0.6) is 0 Å². The van der Waals surface area contributed by atoms with Gasteiger partial charge in [0.15, 0.2) is 6.33 Å². The Morgan fingerprint density at radius 3 is 2.48 bits per heavy atom. The summed E-state index contributed by atoms with van der Waals surface area (Å²) in [6.45, 7) is 0. The highest BCUT2D eigenvalue weighted by molar-refractivity contribution is 6.33. The van der Waals surface area contributed by atoms with E-state index >= 15 is 0 Å². The van der Waals surface area contributed by atoms with E-state index in [1.165, 1.54) is 11.1 Å². The molecular formula is C14H10Cl2N4O. The first-order valence-corrected chi connectivity index (χ1v) is 6.87. The maximum absolute atomic E-state index is 10.4. The standard InChI is InChI=1S/C14H10Cl2N4O/c15-10-3-6-13(16)12(7-10)14(21)9-1-4-11(5-2-9)20-18-8-17-19-20/h1-8,14,21H. The molecule has 7 heteroatoms. The normalized spacial score (nSPS) is 12.3. The molecule has 1 atom stereocenters. The van der Waals surface area contributed by atoms with Crippen LogP contribution >= 0.6 is 23.2 Å². The number of tetrazole rings is 1. The monoisotopic (exact) mass is 320 g/mol. The summed E-state index contributed by atoms with van der Waals surface area (Å²) in [6, 6.07) is 12.1. The molecule has 1 aromatic heterocycles. The predicted molar refractivity (Wildman–Crippen MR) is 79.7 cm³/mol. The van der Waals surface area contributed by atoms with Crippen LogP contribution in [0.25, 0.3) is 5.69 Å². The Kier molecular flexibility index (Phi) is 3.88. The summed E-state index contributed by atoms with van der Waals surface area (Å²) in [4.78, 5) is 1.39. The zero-order valence-corrected chi connectivity index (χ0v) is 12.2. The summed E-state index contributed by atoms with van der Waals surface area (Å²) >= 11 is 12.0. The highest BCUT2D eigenvalue weighted by Crippen LogP contribution is 2.30. The lowest BCUT2D eigenvalue weighted by Gasteiger charge is -2.14. The lowest BCUT2D eigenvalue weighted by Crippen LogP contribution is -2.03. The topological polar surface area (TPSA) is 63.8 Å². The fraction of sp³-hybridized carbons (Fsp3) is 0.0714. The fourth-order valence-corrected chi connectivity index (χ4v) is 2.38. The third-order valence-electron chi connectivity index (χ3n) is 3.04. The van der Waals surface area contributed by atoms with Crippen LogP contribution in [0.4, 0.5) is 0 Å². The van der Waals surface area contributed by atoms with Crippen LogP contribution in [0.3, 0.4) is 0 Å². The molecular weight excluding hydrogens is 311 g/mol. The van der Waals surface area contributed by atoms with E-state index in [0.29, 0.717) is 21.2 Å². The Hall–Kier alpha value is -1.95. The van der Waals surface area contributed by atoms with E-state index in [-0.39, 0.29) is 0 Å². The molecule has 1 heterocycles. The maximum atomic E-state index is 10.4. The van der Waals surface area contributed by atoms with Crippen LogP contribution < -0.4 is 0 Å². The number of aromatic nitrogens is 4. The van der Waals surface area contributed by atoms with Crippen LogP contribution in [0.2, 0.25) is 10.0 Å². The smallest absolute Gasteiger partial charge is 0.162 e. The highest BCUT2D eigenvalue weighted by atomic mass is 35.5. The van der Waals surface area contributed by atoms with Gasteiger partial charge < -0.3 is 5.11 Å². The number of halogens is 2. The lowest BCUT2D eigenvalue weighted by atomic mass is 10.0. The lowest BCUT2D eigenvalue weighted by molar-refractivity contribution is 0.220. The molecule has 0 spiro atoms. The molecule has 3 rings (SSSR count). The van der Waals surface area contributed by atoms with Gasteiger partial charge in [0.05, 0.1) is 5.69 Å². The third-order valence-corrected chi connectivity index (χ3v) is 3.62. The fourth-order valence-electron chi connectivity index (χ4n) is 1.98. The summed E-state index contributed by atoms with van der Waals surface area (Å²) in [5.41, 5.74) is 2.01. The Bertz CT molecular complexity index is 744. The van der Waals surface area contributed by atoms with Crippen LogP contribution in [-0.4, -0.2) is 25.3 Å². The van der Waals surface area contributed by atoms with E-state index in [1.54, 1.807) is 42.5 Å². The first-order chi connectivity index (χ1) is 10.1. The number of nitrogens with zero attached hydrogens (tertiary/aromatic N) is 4. The van der Waals surface area contributed by atoms with Crippen molar-refractivity contribution in [3.63, 3.8) is 0 Å². The van der Waals surface area contributed by atoms with Gasteiger partial charge in [-0.25, -0.2) is 0 Å². The first-order valence-electron chi connectivity index (χ1n) is 6.11. The molecule has 0 saturated heterocycles. The summed E-state index contributed by atoms with van der Waals surface area (Å²) in [7, 11) is 0. The van der Waals surface area contributed by atoms with Crippen LogP contribution in [0.15, 0.2) is 48.8 Å². The second-order valence-electron chi connectivity index (χ2n) is 4.39. The number of rotatable bonds is 3. The minimum Gasteiger partial charge on any atom is -0.384 e. The molecule has 0 bridgehead atoms. The van der Waals surface area contributed by atoms with Crippen molar-refractivity contribution in [1.29, 1.82) is 0 Å². The molecule has 21 heavy (non-hydrogen) atoms. The Morgan fingerprint density at radius 2 is 1.81 bits per heavy atom. The van der Waals surface area contributed by atoms with E-state index in [1.807, 2.05) is 0 Å². The molecule has 106 valence electrons.